The Morgan fingerprint density at radius 1 is 1.21 bits per heavy atom. The highest BCUT2D eigenvalue weighted by Gasteiger charge is 2.18. The van der Waals surface area contributed by atoms with Crippen LogP contribution in [-0.4, -0.2) is 42.6 Å². The van der Waals surface area contributed by atoms with Crippen molar-refractivity contribution in [2.24, 2.45) is 11.7 Å². The molecule has 0 bridgehead atoms. The summed E-state index contributed by atoms with van der Waals surface area (Å²) in [6.45, 7) is 12.8. The van der Waals surface area contributed by atoms with Crippen LogP contribution in [0.5, 0.6) is 0 Å². The SMILES string of the molecule is Cc1nc(N2CCN(CC(C)C)CC2)ccc1CN. The molecule has 0 amide bonds. The quantitative estimate of drug-likeness (QED) is 0.896. The molecule has 0 spiro atoms. The number of nitrogens with two attached hydrogens (primary N) is 1. The highest BCUT2D eigenvalue weighted by molar-refractivity contribution is 5.42. The van der Waals surface area contributed by atoms with Crippen molar-refractivity contribution in [2.75, 3.05) is 37.6 Å². The summed E-state index contributed by atoms with van der Waals surface area (Å²) < 4.78 is 0. The maximum atomic E-state index is 5.68. The van der Waals surface area contributed by atoms with Gasteiger partial charge in [-0.15, -0.1) is 0 Å². The molecule has 19 heavy (non-hydrogen) atoms. The van der Waals surface area contributed by atoms with Gasteiger partial charge in [-0.05, 0) is 24.5 Å². The van der Waals surface area contributed by atoms with Crippen molar-refractivity contribution in [1.82, 2.24) is 9.88 Å². The van der Waals surface area contributed by atoms with Crippen molar-refractivity contribution in [3.05, 3.63) is 23.4 Å². The van der Waals surface area contributed by atoms with Crippen LogP contribution in [0.15, 0.2) is 12.1 Å². The molecule has 0 atom stereocenters. The fraction of sp³-hybridized carbons (Fsp3) is 0.667. The minimum atomic E-state index is 0.571. The summed E-state index contributed by atoms with van der Waals surface area (Å²) in [5, 5.41) is 0. The van der Waals surface area contributed by atoms with Gasteiger partial charge in [0.15, 0.2) is 0 Å². The van der Waals surface area contributed by atoms with Gasteiger partial charge in [-0.2, -0.15) is 0 Å². The zero-order valence-corrected chi connectivity index (χ0v) is 12.4. The third-order valence-electron chi connectivity index (χ3n) is 3.72. The number of hydrogen-bond acceptors (Lipinski definition) is 4. The van der Waals surface area contributed by atoms with Gasteiger partial charge in [0.25, 0.3) is 0 Å². The first-order valence-corrected chi connectivity index (χ1v) is 7.24. The summed E-state index contributed by atoms with van der Waals surface area (Å²) in [6, 6.07) is 4.21. The van der Waals surface area contributed by atoms with E-state index in [0.29, 0.717) is 6.54 Å². The van der Waals surface area contributed by atoms with E-state index in [4.69, 9.17) is 5.73 Å². The van der Waals surface area contributed by atoms with E-state index in [1.165, 1.54) is 6.54 Å². The molecule has 4 nitrogen and oxygen atoms in total. The fourth-order valence-corrected chi connectivity index (χ4v) is 2.64. The monoisotopic (exact) mass is 262 g/mol. The van der Waals surface area contributed by atoms with Gasteiger partial charge in [-0.3, -0.25) is 4.90 Å². The van der Waals surface area contributed by atoms with E-state index < -0.39 is 0 Å². The Hall–Kier alpha value is -1.13. The Kier molecular flexibility index (Phi) is 4.77. The van der Waals surface area contributed by atoms with Crippen LogP contribution in [-0.2, 0) is 6.54 Å². The molecule has 1 aliphatic heterocycles. The first kappa shape index (κ1) is 14.3. The van der Waals surface area contributed by atoms with Gasteiger partial charge in [-0.1, -0.05) is 19.9 Å². The molecular weight excluding hydrogens is 236 g/mol. The van der Waals surface area contributed by atoms with Crippen LogP contribution in [0.2, 0.25) is 0 Å². The minimum Gasteiger partial charge on any atom is -0.354 e. The second-order valence-electron chi connectivity index (χ2n) is 5.80. The molecule has 1 fully saturated rings. The Labute approximate surface area is 116 Å². The zero-order valence-electron chi connectivity index (χ0n) is 12.4. The number of aryl methyl sites for hydroxylation is 1. The molecule has 0 unspecified atom stereocenters. The van der Waals surface area contributed by atoms with E-state index in [2.05, 4.69) is 40.8 Å². The zero-order chi connectivity index (χ0) is 13.8. The average Bonchev–Trinajstić information content (AvgIpc) is 2.39. The summed E-state index contributed by atoms with van der Waals surface area (Å²) in [7, 11) is 0. The number of pyridine rings is 1. The lowest BCUT2D eigenvalue weighted by atomic mass is 10.2. The van der Waals surface area contributed by atoms with E-state index in [1.807, 2.05) is 6.92 Å². The lowest BCUT2D eigenvalue weighted by molar-refractivity contribution is 0.231. The predicted molar refractivity (Wildman–Crippen MR) is 80.4 cm³/mol. The number of anilines is 1. The number of piperazine rings is 1. The van der Waals surface area contributed by atoms with Crippen LogP contribution < -0.4 is 10.6 Å². The summed E-state index contributed by atoms with van der Waals surface area (Å²) >= 11 is 0. The molecule has 2 rings (SSSR count). The van der Waals surface area contributed by atoms with E-state index in [9.17, 15) is 0 Å². The Morgan fingerprint density at radius 2 is 1.89 bits per heavy atom. The smallest absolute Gasteiger partial charge is 0.128 e. The standard InChI is InChI=1S/C15H26N4/c1-12(2)11-18-6-8-19(9-7-18)15-5-4-14(10-16)13(3)17-15/h4-5,12H,6-11,16H2,1-3H3. The molecule has 0 aromatic carbocycles. The second kappa shape index (κ2) is 6.35. The number of nitrogens with zero attached hydrogens (tertiary/aromatic N) is 3. The molecule has 0 saturated carbocycles. The topological polar surface area (TPSA) is 45.4 Å². The van der Waals surface area contributed by atoms with Crippen molar-refractivity contribution in [2.45, 2.75) is 27.3 Å². The molecule has 0 aliphatic carbocycles. The van der Waals surface area contributed by atoms with E-state index in [-0.39, 0.29) is 0 Å². The van der Waals surface area contributed by atoms with Crippen LogP contribution >= 0.6 is 0 Å². The fourth-order valence-electron chi connectivity index (χ4n) is 2.64. The van der Waals surface area contributed by atoms with Crippen LogP contribution in [0, 0.1) is 12.8 Å². The molecule has 1 aromatic rings. The molecule has 2 N–H and O–H groups in total. The van der Waals surface area contributed by atoms with Crippen molar-refractivity contribution >= 4 is 5.82 Å². The Morgan fingerprint density at radius 3 is 2.42 bits per heavy atom. The summed E-state index contributed by atoms with van der Waals surface area (Å²) in [5.41, 5.74) is 7.88. The molecule has 2 heterocycles. The van der Waals surface area contributed by atoms with Crippen molar-refractivity contribution in [3.63, 3.8) is 0 Å². The first-order valence-electron chi connectivity index (χ1n) is 7.24. The maximum absolute atomic E-state index is 5.68. The maximum Gasteiger partial charge on any atom is 0.128 e. The van der Waals surface area contributed by atoms with E-state index >= 15 is 0 Å². The van der Waals surface area contributed by atoms with Crippen LogP contribution in [0.25, 0.3) is 0 Å². The normalized spacial score (nSPS) is 17.2. The lowest BCUT2D eigenvalue weighted by Gasteiger charge is -2.36. The largest absolute Gasteiger partial charge is 0.354 e. The van der Waals surface area contributed by atoms with Crippen molar-refractivity contribution < 1.29 is 0 Å². The van der Waals surface area contributed by atoms with Gasteiger partial charge in [0.2, 0.25) is 0 Å². The molecule has 1 aromatic heterocycles. The molecule has 4 heteroatoms. The lowest BCUT2D eigenvalue weighted by Crippen LogP contribution is -2.47. The summed E-state index contributed by atoms with van der Waals surface area (Å²) in [6.07, 6.45) is 0. The van der Waals surface area contributed by atoms with Crippen LogP contribution in [0.1, 0.15) is 25.1 Å². The highest BCUT2D eigenvalue weighted by Crippen LogP contribution is 2.17. The Balaban J connectivity index is 1.96. The van der Waals surface area contributed by atoms with Crippen LogP contribution in [0.3, 0.4) is 0 Å². The number of aromatic nitrogens is 1. The molecular formula is C15H26N4. The highest BCUT2D eigenvalue weighted by atomic mass is 15.3. The van der Waals surface area contributed by atoms with Gasteiger partial charge >= 0.3 is 0 Å². The number of hydrogen-bond donors (Lipinski definition) is 1. The number of rotatable bonds is 4. The summed E-state index contributed by atoms with van der Waals surface area (Å²) in [4.78, 5) is 9.60. The summed E-state index contributed by atoms with van der Waals surface area (Å²) in [5.74, 6) is 1.84. The van der Waals surface area contributed by atoms with Crippen molar-refractivity contribution in [3.8, 4) is 0 Å². The average molecular weight is 262 g/mol. The Bertz CT molecular complexity index is 409. The van der Waals surface area contributed by atoms with Gasteiger partial charge in [0.05, 0.1) is 0 Å². The molecule has 106 valence electrons. The van der Waals surface area contributed by atoms with Gasteiger partial charge in [0.1, 0.15) is 5.82 Å². The second-order valence-corrected chi connectivity index (χ2v) is 5.80. The molecule has 1 saturated heterocycles. The van der Waals surface area contributed by atoms with Gasteiger partial charge in [-0.25, -0.2) is 4.98 Å². The third-order valence-corrected chi connectivity index (χ3v) is 3.72. The minimum absolute atomic E-state index is 0.571. The predicted octanol–water partition coefficient (Wildman–Crippen LogP) is 1.63. The molecule has 1 aliphatic rings. The van der Waals surface area contributed by atoms with Gasteiger partial charge in [0, 0.05) is 45.0 Å². The van der Waals surface area contributed by atoms with Gasteiger partial charge < -0.3 is 10.6 Å². The van der Waals surface area contributed by atoms with Crippen LogP contribution in [0.4, 0.5) is 5.82 Å². The third kappa shape index (κ3) is 3.67. The molecule has 0 radical (unpaired) electrons. The first-order chi connectivity index (χ1) is 9.10. The van der Waals surface area contributed by atoms with E-state index in [1.54, 1.807) is 0 Å². The van der Waals surface area contributed by atoms with E-state index in [0.717, 1.165) is 49.2 Å². The van der Waals surface area contributed by atoms with Crippen molar-refractivity contribution in [1.29, 1.82) is 0 Å².